The smallest absolute Gasteiger partial charge is 0.192 e. The van der Waals surface area contributed by atoms with E-state index in [1.54, 1.807) is 7.11 Å². The average Bonchev–Trinajstić information content (AvgIpc) is 3.32. The molecule has 2 fully saturated rings. The number of methoxy groups -OCH3 is 1. The van der Waals surface area contributed by atoms with Gasteiger partial charge in [-0.05, 0) is 56.5 Å². The van der Waals surface area contributed by atoms with Gasteiger partial charge in [-0.15, -0.1) is 0 Å². The number of rotatable bonds is 8. The molecule has 6 rings (SSSR count). The van der Waals surface area contributed by atoms with Crippen molar-refractivity contribution in [2.45, 2.75) is 44.7 Å². The summed E-state index contributed by atoms with van der Waals surface area (Å²) < 4.78 is 30.2. The van der Waals surface area contributed by atoms with Gasteiger partial charge < -0.3 is 24.1 Å². The number of oxazole rings is 1. The fraction of sp³-hybridized carbons (Fsp3) is 0.444. The molecule has 1 aliphatic carbocycles. The average molecular weight is 492 g/mol. The van der Waals surface area contributed by atoms with Crippen LogP contribution in [-0.2, 0) is 4.74 Å². The number of hydrogen-bond donors (Lipinski definition) is 1. The van der Waals surface area contributed by atoms with Crippen molar-refractivity contribution in [2.24, 2.45) is 0 Å². The number of aryl methyl sites for hydroxylation is 2. The van der Waals surface area contributed by atoms with Crippen LogP contribution in [0.25, 0.3) is 33.4 Å². The molecule has 4 aromatic rings. The largest absolute Gasteiger partial charge is 0.466 e. The highest BCUT2D eigenvalue weighted by atomic mass is 19.1. The van der Waals surface area contributed by atoms with E-state index in [0.717, 1.165) is 71.5 Å². The summed E-state index contributed by atoms with van der Waals surface area (Å²) in [5, 5.41) is 3.53. The van der Waals surface area contributed by atoms with Crippen LogP contribution in [-0.4, -0.2) is 60.2 Å². The topological polar surface area (TPSA) is 85.5 Å². The van der Waals surface area contributed by atoms with E-state index in [4.69, 9.17) is 23.9 Å². The van der Waals surface area contributed by atoms with E-state index < -0.39 is 0 Å². The molecule has 1 saturated carbocycles. The Balaban J connectivity index is 1.30. The molecule has 4 heterocycles. The minimum absolute atomic E-state index is 0.118. The third-order valence-corrected chi connectivity index (χ3v) is 7.23. The molecule has 1 unspecified atom stereocenters. The fourth-order valence-electron chi connectivity index (χ4n) is 5.12. The molecule has 3 aromatic heterocycles. The first-order valence-electron chi connectivity index (χ1n) is 12.4. The SMILES string of the molecule is COCOc1c(-c2ccc3nc(N4CCC(NC5(CF)CC5)C4)ccc3n2)cc2oc(C)nc2c1C. The zero-order valence-corrected chi connectivity index (χ0v) is 20.8. The van der Waals surface area contributed by atoms with Crippen LogP contribution in [0.15, 0.2) is 34.7 Å². The first kappa shape index (κ1) is 23.1. The third kappa shape index (κ3) is 4.16. The monoisotopic (exact) mass is 491 g/mol. The number of ether oxygens (including phenoxy) is 2. The summed E-state index contributed by atoms with van der Waals surface area (Å²) in [6.45, 7) is 5.36. The second-order valence-electron chi connectivity index (χ2n) is 9.90. The number of nitrogens with one attached hydrogen (secondary N) is 1. The molecule has 1 aromatic carbocycles. The van der Waals surface area contributed by atoms with Crippen molar-refractivity contribution in [1.82, 2.24) is 20.3 Å². The van der Waals surface area contributed by atoms with Crippen LogP contribution in [0, 0.1) is 13.8 Å². The number of fused-ring (bicyclic) bond motifs is 2. The van der Waals surface area contributed by atoms with Crippen LogP contribution < -0.4 is 15.0 Å². The third-order valence-electron chi connectivity index (χ3n) is 7.23. The second-order valence-corrected chi connectivity index (χ2v) is 9.90. The summed E-state index contributed by atoms with van der Waals surface area (Å²) in [7, 11) is 1.59. The lowest BCUT2D eigenvalue weighted by Gasteiger charge is -2.21. The van der Waals surface area contributed by atoms with Gasteiger partial charge in [0.05, 0.1) is 16.7 Å². The van der Waals surface area contributed by atoms with Crippen molar-refractivity contribution in [1.29, 1.82) is 0 Å². The predicted octanol–water partition coefficient (Wildman–Crippen LogP) is 4.71. The molecule has 1 aliphatic heterocycles. The summed E-state index contributed by atoms with van der Waals surface area (Å²) in [6.07, 6.45) is 2.86. The fourth-order valence-corrected chi connectivity index (χ4v) is 5.12. The van der Waals surface area contributed by atoms with Gasteiger partial charge in [0.1, 0.15) is 23.8 Å². The maximum atomic E-state index is 13.3. The van der Waals surface area contributed by atoms with Gasteiger partial charge in [0.25, 0.3) is 0 Å². The number of alkyl halides is 1. The van der Waals surface area contributed by atoms with Gasteiger partial charge in [0.15, 0.2) is 18.3 Å². The summed E-state index contributed by atoms with van der Waals surface area (Å²) in [5.41, 5.74) is 5.26. The van der Waals surface area contributed by atoms with Gasteiger partial charge in [0.2, 0.25) is 0 Å². The minimum atomic E-state index is -0.285. The highest BCUT2D eigenvalue weighted by Gasteiger charge is 2.45. The van der Waals surface area contributed by atoms with Crippen LogP contribution in [0.4, 0.5) is 10.2 Å². The van der Waals surface area contributed by atoms with Crippen LogP contribution in [0.5, 0.6) is 5.75 Å². The first-order valence-corrected chi connectivity index (χ1v) is 12.4. The number of anilines is 1. The second kappa shape index (κ2) is 8.97. The minimum Gasteiger partial charge on any atom is -0.466 e. The van der Waals surface area contributed by atoms with E-state index >= 15 is 0 Å². The summed E-state index contributed by atoms with van der Waals surface area (Å²) in [4.78, 5) is 16.5. The Hall–Kier alpha value is -3.30. The summed E-state index contributed by atoms with van der Waals surface area (Å²) in [5.74, 6) is 2.19. The molecule has 9 heteroatoms. The Labute approximate surface area is 208 Å². The van der Waals surface area contributed by atoms with Crippen molar-refractivity contribution >= 4 is 28.0 Å². The van der Waals surface area contributed by atoms with Crippen LogP contribution in [0.2, 0.25) is 0 Å². The molecule has 2 aliphatic rings. The van der Waals surface area contributed by atoms with Crippen molar-refractivity contribution in [3.63, 3.8) is 0 Å². The summed E-state index contributed by atoms with van der Waals surface area (Å²) in [6, 6.07) is 10.2. The number of halogens is 1. The van der Waals surface area contributed by atoms with E-state index in [2.05, 4.69) is 15.2 Å². The van der Waals surface area contributed by atoms with Crippen molar-refractivity contribution in [3.05, 3.63) is 41.8 Å². The quantitative estimate of drug-likeness (QED) is 0.355. The van der Waals surface area contributed by atoms with Gasteiger partial charge in [-0.25, -0.2) is 19.3 Å². The van der Waals surface area contributed by atoms with Crippen LogP contribution >= 0.6 is 0 Å². The van der Waals surface area contributed by atoms with Gasteiger partial charge >= 0.3 is 0 Å². The van der Waals surface area contributed by atoms with Gasteiger partial charge in [0, 0.05) is 49.8 Å². The zero-order valence-electron chi connectivity index (χ0n) is 20.8. The molecular formula is C27H30FN5O3. The van der Waals surface area contributed by atoms with E-state index in [0.29, 0.717) is 23.3 Å². The van der Waals surface area contributed by atoms with Crippen molar-refractivity contribution in [2.75, 3.05) is 38.6 Å². The molecular weight excluding hydrogens is 461 g/mol. The maximum absolute atomic E-state index is 13.3. The highest BCUT2D eigenvalue weighted by molar-refractivity contribution is 5.89. The van der Waals surface area contributed by atoms with Gasteiger partial charge in [-0.2, -0.15) is 0 Å². The van der Waals surface area contributed by atoms with E-state index in [1.165, 1.54) is 0 Å². The number of hydrogen-bond acceptors (Lipinski definition) is 8. The molecule has 1 N–H and O–H groups in total. The lowest BCUT2D eigenvalue weighted by atomic mass is 10.0. The molecule has 188 valence electrons. The molecule has 0 radical (unpaired) electrons. The van der Waals surface area contributed by atoms with Crippen molar-refractivity contribution in [3.8, 4) is 17.0 Å². The lowest BCUT2D eigenvalue weighted by Crippen LogP contribution is -2.43. The van der Waals surface area contributed by atoms with E-state index in [1.807, 2.05) is 44.2 Å². The molecule has 0 amide bonds. The van der Waals surface area contributed by atoms with Gasteiger partial charge in [-0.1, -0.05) is 0 Å². The number of aromatic nitrogens is 3. The number of pyridine rings is 2. The molecule has 0 spiro atoms. The number of benzene rings is 1. The number of nitrogens with zero attached hydrogens (tertiary/aromatic N) is 4. The van der Waals surface area contributed by atoms with Crippen LogP contribution in [0.1, 0.15) is 30.7 Å². The van der Waals surface area contributed by atoms with E-state index in [9.17, 15) is 4.39 Å². The van der Waals surface area contributed by atoms with Gasteiger partial charge in [-0.3, -0.25) is 0 Å². The zero-order chi connectivity index (χ0) is 24.9. The highest BCUT2D eigenvalue weighted by Crippen LogP contribution is 2.39. The first-order chi connectivity index (χ1) is 17.5. The molecule has 0 bridgehead atoms. The molecule has 1 saturated heterocycles. The molecule has 1 atom stereocenters. The van der Waals surface area contributed by atoms with Crippen molar-refractivity contribution < 1.29 is 18.3 Å². The summed E-state index contributed by atoms with van der Waals surface area (Å²) >= 11 is 0. The normalized spacial score (nSPS) is 18.9. The molecule has 8 nitrogen and oxygen atoms in total. The Morgan fingerprint density at radius 3 is 2.72 bits per heavy atom. The standard InChI is InChI=1S/C27H30FN5O3/c1-16-25-23(36-17(2)29-25)12-19(26(16)35-15-34-3)20-4-5-22-21(30-20)6-7-24(31-22)33-11-8-18(13-33)32-27(14-28)9-10-27/h4-7,12,18,32H,8-11,13-15H2,1-3H3. The Kier molecular flexibility index (Phi) is 5.76. The molecule has 36 heavy (non-hydrogen) atoms. The Morgan fingerprint density at radius 2 is 1.94 bits per heavy atom. The lowest BCUT2D eigenvalue weighted by molar-refractivity contribution is 0.0511. The van der Waals surface area contributed by atoms with Crippen LogP contribution in [0.3, 0.4) is 0 Å². The predicted molar refractivity (Wildman–Crippen MR) is 136 cm³/mol. The maximum Gasteiger partial charge on any atom is 0.192 e. The Morgan fingerprint density at radius 1 is 1.14 bits per heavy atom. The Bertz CT molecular complexity index is 1430. The van der Waals surface area contributed by atoms with E-state index in [-0.39, 0.29) is 19.0 Å².